The second-order valence-electron chi connectivity index (χ2n) is 8.06. The Morgan fingerprint density at radius 1 is 1.13 bits per heavy atom. The van der Waals surface area contributed by atoms with Gasteiger partial charge in [0.05, 0.1) is 18.2 Å². The maximum absolute atomic E-state index is 11.3. The molecule has 0 aliphatic rings. The van der Waals surface area contributed by atoms with Crippen molar-refractivity contribution in [1.29, 1.82) is 0 Å². The summed E-state index contributed by atoms with van der Waals surface area (Å²) in [7, 11) is 4.12. The number of benzene rings is 2. The van der Waals surface area contributed by atoms with E-state index in [-0.39, 0.29) is 11.9 Å². The van der Waals surface area contributed by atoms with Crippen molar-refractivity contribution in [2.75, 3.05) is 27.2 Å². The van der Waals surface area contributed by atoms with Crippen LogP contribution < -0.4 is 14.8 Å². The van der Waals surface area contributed by atoms with Crippen LogP contribution in [0.4, 0.5) is 0 Å². The summed E-state index contributed by atoms with van der Waals surface area (Å²) in [5.41, 5.74) is 2.87. The summed E-state index contributed by atoms with van der Waals surface area (Å²) in [6, 6.07) is 15.6. The van der Waals surface area contributed by atoms with E-state index in [1.165, 1.54) is 6.92 Å². The van der Waals surface area contributed by atoms with Gasteiger partial charge in [-0.05, 0) is 81.9 Å². The molecule has 31 heavy (non-hydrogen) atoms. The van der Waals surface area contributed by atoms with Crippen molar-refractivity contribution in [3.8, 4) is 17.4 Å². The summed E-state index contributed by atoms with van der Waals surface area (Å²) in [5, 5.41) is 3.90. The number of pyridine rings is 1. The standard InChI is InChI=1S/C25H31N3O3/c1-17-15-22(30-14-6-13-28(4)5)9-11-24(17)31-25-12-8-21-16-20(7-10-23(21)27-25)18(2)26-19(3)29/h7-12,15-16,18H,6,13-14H2,1-5H3,(H,26,29). The molecular formula is C25H31N3O3. The van der Waals surface area contributed by atoms with Crippen molar-refractivity contribution in [1.82, 2.24) is 15.2 Å². The summed E-state index contributed by atoms with van der Waals surface area (Å²) in [4.78, 5) is 18.1. The van der Waals surface area contributed by atoms with E-state index in [1.54, 1.807) is 0 Å². The molecule has 0 saturated heterocycles. The number of carbonyl (C=O) groups is 1. The number of nitrogens with zero attached hydrogens (tertiary/aromatic N) is 2. The Morgan fingerprint density at radius 3 is 2.65 bits per heavy atom. The Morgan fingerprint density at radius 2 is 1.94 bits per heavy atom. The van der Waals surface area contributed by atoms with E-state index in [0.29, 0.717) is 12.5 Å². The van der Waals surface area contributed by atoms with Crippen molar-refractivity contribution in [3.63, 3.8) is 0 Å². The predicted molar refractivity (Wildman–Crippen MR) is 124 cm³/mol. The van der Waals surface area contributed by atoms with Gasteiger partial charge in [0.25, 0.3) is 0 Å². The molecule has 3 aromatic rings. The van der Waals surface area contributed by atoms with Gasteiger partial charge in [0, 0.05) is 24.9 Å². The number of nitrogens with one attached hydrogen (secondary N) is 1. The third-order valence-electron chi connectivity index (χ3n) is 4.99. The summed E-state index contributed by atoms with van der Waals surface area (Å²) in [6.45, 7) is 7.17. The zero-order valence-corrected chi connectivity index (χ0v) is 18.9. The number of ether oxygens (including phenoxy) is 2. The van der Waals surface area contributed by atoms with Crippen molar-refractivity contribution < 1.29 is 14.3 Å². The van der Waals surface area contributed by atoms with E-state index in [2.05, 4.69) is 29.3 Å². The van der Waals surface area contributed by atoms with E-state index in [4.69, 9.17) is 9.47 Å². The highest BCUT2D eigenvalue weighted by Gasteiger charge is 2.09. The zero-order valence-electron chi connectivity index (χ0n) is 18.9. The summed E-state index contributed by atoms with van der Waals surface area (Å²) in [6.07, 6.45) is 0.983. The first-order valence-electron chi connectivity index (χ1n) is 10.6. The van der Waals surface area contributed by atoms with Crippen LogP contribution in [-0.4, -0.2) is 43.0 Å². The predicted octanol–water partition coefficient (Wildman–Crippen LogP) is 4.86. The van der Waals surface area contributed by atoms with Crippen LogP contribution in [0.2, 0.25) is 0 Å². The number of hydrogen-bond acceptors (Lipinski definition) is 5. The molecule has 3 rings (SSSR count). The van der Waals surface area contributed by atoms with Gasteiger partial charge in [-0.1, -0.05) is 6.07 Å². The van der Waals surface area contributed by atoms with Crippen molar-refractivity contribution in [3.05, 3.63) is 59.7 Å². The third-order valence-corrected chi connectivity index (χ3v) is 4.99. The van der Waals surface area contributed by atoms with Crippen LogP contribution in [0.5, 0.6) is 17.4 Å². The van der Waals surface area contributed by atoms with Crippen LogP contribution in [-0.2, 0) is 4.79 Å². The van der Waals surface area contributed by atoms with Gasteiger partial charge in [-0.25, -0.2) is 4.98 Å². The maximum Gasteiger partial charge on any atom is 0.219 e. The molecule has 1 aromatic heterocycles. The first-order valence-corrected chi connectivity index (χ1v) is 10.6. The van der Waals surface area contributed by atoms with Gasteiger partial charge in [-0.15, -0.1) is 0 Å². The number of aromatic nitrogens is 1. The molecule has 0 aliphatic heterocycles. The molecule has 1 unspecified atom stereocenters. The molecular weight excluding hydrogens is 390 g/mol. The Labute approximate surface area is 184 Å². The fourth-order valence-electron chi connectivity index (χ4n) is 3.35. The summed E-state index contributed by atoms with van der Waals surface area (Å²) >= 11 is 0. The molecule has 1 atom stereocenters. The lowest BCUT2D eigenvalue weighted by molar-refractivity contribution is -0.119. The molecule has 6 nitrogen and oxygen atoms in total. The lowest BCUT2D eigenvalue weighted by Gasteiger charge is -2.14. The second-order valence-corrected chi connectivity index (χ2v) is 8.06. The molecule has 0 bridgehead atoms. The van der Waals surface area contributed by atoms with Crippen LogP contribution in [0.3, 0.4) is 0 Å². The minimum atomic E-state index is -0.0518. The van der Waals surface area contributed by atoms with Gasteiger partial charge < -0.3 is 19.7 Å². The quantitative estimate of drug-likeness (QED) is 0.500. The average Bonchev–Trinajstić information content (AvgIpc) is 2.72. The van der Waals surface area contributed by atoms with Gasteiger partial charge in [0.1, 0.15) is 11.5 Å². The highest BCUT2D eigenvalue weighted by molar-refractivity contribution is 5.80. The van der Waals surface area contributed by atoms with E-state index in [0.717, 1.165) is 46.5 Å². The number of hydrogen-bond donors (Lipinski definition) is 1. The van der Waals surface area contributed by atoms with Crippen molar-refractivity contribution in [2.24, 2.45) is 0 Å². The Kier molecular flexibility index (Phi) is 7.47. The maximum atomic E-state index is 11.3. The summed E-state index contributed by atoms with van der Waals surface area (Å²) in [5.74, 6) is 2.09. The molecule has 0 aliphatic carbocycles. The van der Waals surface area contributed by atoms with Gasteiger partial charge in [0.15, 0.2) is 0 Å². The number of carbonyl (C=O) groups excluding carboxylic acids is 1. The van der Waals surface area contributed by atoms with Crippen LogP contribution in [0, 0.1) is 6.92 Å². The zero-order chi connectivity index (χ0) is 22.4. The Hall–Kier alpha value is -3.12. The number of aryl methyl sites for hydroxylation is 1. The highest BCUT2D eigenvalue weighted by Crippen LogP contribution is 2.29. The van der Waals surface area contributed by atoms with E-state index in [1.807, 2.05) is 62.4 Å². The Bertz CT molecular complexity index is 1050. The van der Waals surface area contributed by atoms with E-state index in [9.17, 15) is 4.79 Å². The molecule has 2 aromatic carbocycles. The molecule has 0 saturated carbocycles. The van der Waals surface area contributed by atoms with Gasteiger partial charge in [0.2, 0.25) is 11.8 Å². The fourth-order valence-corrected chi connectivity index (χ4v) is 3.35. The van der Waals surface area contributed by atoms with Crippen LogP contribution in [0.15, 0.2) is 48.5 Å². The normalized spacial score (nSPS) is 12.1. The SMILES string of the molecule is CC(=O)NC(C)c1ccc2nc(Oc3ccc(OCCCN(C)C)cc3C)ccc2c1. The first-order chi connectivity index (χ1) is 14.8. The van der Waals surface area contributed by atoms with Crippen LogP contribution in [0.25, 0.3) is 10.9 Å². The van der Waals surface area contributed by atoms with E-state index >= 15 is 0 Å². The second kappa shape index (κ2) is 10.3. The van der Waals surface area contributed by atoms with Gasteiger partial charge in [-0.2, -0.15) is 0 Å². The minimum Gasteiger partial charge on any atom is -0.494 e. The lowest BCUT2D eigenvalue weighted by atomic mass is 10.1. The minimum absolute atomic E-state index is 0.0465. The molecule has 0 fully saturated rings. The van der Waals surface area contributed by atoms with Crippen molar-refractivity contribution >= 4 is 16.8 Å². The van der Waals surface area contributed by atoms with Crippen LogP contribution in [0.1, 0.15) is 37.4 Å². The molecule has 0 spiro atoms. The monoisotopic (exact) mass is 421 g/mol. The summed E-state index contributed by atoms with van der Waals surface area (Å²) < 4.78 is 11.9. The average molecular weight is 422 g/mol. The fraction of sp³-hybridized carbons (Fsp3) is 0.360. The first kappa shape index (κ1) is 22.6. The molecule has 6 heteroatoms. The molecule has 0 radical (unpaired) electrons. The molecule has 1 heterocycles. The molecule has 1 N–H and O–H groups in total. The van der Waals surface area contributed by atoms with Crippen LogP contribution >= 0.6 is 0 Å². The largest absolute Gasteiger partial charge is 0.494 e. The number of amides is 1. The molecule has 164 valence electrons. The van der Waals surface area contributed by atoms with E-state index < -0.39 is 0 Å². The number of fused-ring (bicyclic) bond motifs is 1. The Balaban J connectivity index is 1.67. The highest BCUT2D eigenvalue weighted by atomic mass is 16.5. The lowest BCUT2D eigenvalue weighted by Crippen LogP contribution is -2.23. The smallest absolute Gasteiger partial charge is 0.219 e. The van der Waals surface area contributed by atoms with Gasteiger partial charge >= 0.3 is 0 Å². The molecule has 1 amide bonds. The van der Waals surface area contributed by atoms with Crippen molar-refractivity contribution in [2.45, 2.75) is 33.2 Å². The topological polar surface area (TPSA) is 63.7 Å². The number of rotatable bonds is 9. The third kappa shape index (κ3) is 6.43. The van der Waals surface area contributed by atoms with Gasteiger partial charge in [-0.3, -0.25) is 4.79 Å².